The Bertz CT molecular complexity index is 2270. The molecule has 0 spiro atoms. The van der Waals surface area contributed by atoms with Crippen LogP contribution in [0.2, 0.25) is 0 Å². The van der Waals surface area contributed by atoms with Crippen molar-refractivity contribution in [2.75, 3.05) is 0 Å². The molecule has 0 unspecified atom stereocenters. The van der Waals surface area contributed by atoms with Crippen molar-refractivity contribution in [2.45, 2.75) is 68.4 Å². The number of aromatic nitrogens is 7. The summed E-state index contributed by atoms with van der Waals surface area (Å²) in [6.07, 6.45) is 5.82. The van der Waals surface area contributed by atoms with Gasteiger partial charge in [-0.15, -0.1) is 0 Å². The highest BCUT2D eigenvalue weighted by Crippen LogP contribution is 2.55. The van der Waals surface area contributed by atoms with Gasteiger partial charge >= 0.3 is 0 Å². The number of halogens is 5. The average molecular weight is 905 g/mol. The van der Waals surface area contributed by atoms with Gasteiger partial charge in [-0.05, 0) is 140 Å². The third-order valence-corrected chi connectivity index (χ3v) is 12.7. The van der Waals surface area contributed by atoms with Crippen molar-refractivity contribution < 1.29 is 18.4 Å². The number of amides is 2. The molecule has 3 aromatic heterocycles. The van der Waals surface area contributed by atoms with Crippen molar-refractivity contribution in [2.24, 2.45) is 11.5 Å². The minimum absolute atomic E-state index is 0.160. The molecule has 5 aromatic rings. The zero-order chi connectivity index (χ0) is 34.0. The number of hydrogen-bond donors (Lipinski definition) is 3. The van der Waals surface area contributed by atoms with Crippen molar-refractivity contribution in [1.82, 2.24) is 34.3 Å². The first-order chi connectivity index (χ1) is 23.5. The fraction of sp³-hybridized carbons (Fsp3) is 0.333. The van der Waals surface area contributed by atoms with Gasteiger partial charge in [0.15, 0.2) is 17.2 Å². The maximum absolute atomic E-state index is 14.2. The fourth-order valence-corrected chi connectivity index (χ4v) is 9.36. The Labute approximate surface area is 308 Å². The molecule has 0 saturated heterocycles. The van der Waals surface area contributed by atoms with Crippen LogP contribution in [-0.2, 0) is 0 Å². The van der Waals surface area contributed by atoms with Crippen molar-refractivity contribution >= 4 is 66.3 Å². The first-order valence-electron chi connectivity index (χ1n) is 15.9. The number of H-pyrrole nitrogens is 1. The third-order valence-electron chi connectivity index (χ3n) is 10.4. The summed E-state index contributed by atoms with van der Waals surface area (Å²) in [6.45, 7) is 0. The van der Waals surface area contributed by atoms with Gasteiger partial charge in [0.1, 0.15) is 38.5 Å². The molecule has 0 atom stereocenters. The van der Waals surface area contributed by atoms with Gasteiger partial charge in [-0.2, -0.15) is 5.10 Å². The summed E-state index contributed by atoms with van der Waals surface area (Å²) in [6, 6.07) is 7.13. The van der Waals surface area contributed by atoms with Gasteiger partial charge in [0.2, 0.25) is 0 Å². The molecule has 3 aliphatic carbocycles. The van der Waals surface area contributed by atoms with E-state index < -0.39 is 11.8 Å². The Hall–Kier alpha value is -3.51. The zero-order valence-electron chi connectivity index (χ0n) is 25.5. The van der Waals surface area contributed by atoms with Crippen molar-refractivity contribution in [3.8, 4) is 34.3 Å². The second-order valence-electron chi connectivity index (χ2n) is 13.3. The number of nitrogens with zero attached hydrogens (tertiary/aromatic N) is 6. The Balaban J connectivity index is 0.000000138. The molecule has 2 amide bonds. The molecule has 16 heteroatoms. The van der Waals surface area contributed by atoms with Crippen LogP contribution in [0, 0.1) is 15.3 Å². The number of nitrogens with one attached hydrogen (secondary N) is 1. The molecular formula is C33H26Br2F2IN9O2. The van der Waals surface area contributed by atoms with E-state index in [1.54, 1.807) is 24.3 Å². The smallest absolute Gasteiger partial charge is 0.270 e. The molecular weight excluding hydrogens is 879 g/mol. The number of rotatable bonds is 4. The van der Waals surface area contributed by atoms with E-state index in [1.807, 2.05) is 4.57 Å². The molecule has 2 aromatic carbocycles. The summed E-state index contributed by atoms with van der Waals surface area (Å²) < 4.78 is 33.7. The quantitative estimate of drug-likeness (QED) is 0.161. The number of hydrogen-bond acceptors (Lipinski definition) is 6. The topological polar surface area (TPSA) is 163 Å². The Morgan fingerprint density at radius 2 is 1.29 bits per heavy atom. The molecule has 0 radical (unpaired) electrons. The number of carbonyl (C=O) groups is 2. The third kappa shape index (κ3) is 4.87. The van der Waals surface area contributed by atoms with E-state index in [4.69, 9.17) is 11.5 Å². The van der Waals surface area contributed by atoms with Crippen molar-refractivity contribution in [1.29, 1.82) is 0 Å². The molecule has 5 N–H and O–H groups in total. The summed E-state index contributed by atoms with van der Waals surface area (Å²) >= 11 is 8.63. The summed E-state index contributed by atoms with van der Waals surface area (Å²) in [4.78, 5) is 37.4. The minimum Gasteiger partial charge on any atom is -0.364 e. The molecule has 49 heavy (non-hydrogen) atoms. The van der Waals surface area contributed by atoms with Crippen LogP contribution in [0.15, 0.2) is 33.2 Å². The van der Waals surface area contributed by atoms with Crippen LogP contribution in [0.3, 0.4) is 0 Å². The molecule has 11 nitrogen and oxygen atoms in total. The standard InChI is InChI=1S/C19H16BrFN6O.C14H10BrFIN3O/c20-12-5-11-10(6-13(12)21)8-3-9(4-8)27-15(14(16(22)28)23-19(11)27)18-24-17(25-26-18)7-1-2-7;15-9-3-8-7(4-10(9)16)5-1-6(2-5)20-12(17)11(13(18)21)19-14(8)20/h5-9H,1-4H2,(H2,22,28)(H,24,25,26);3-6H,1-2H2,(H2,18,21). The van der Waals surface area contributed by atoms with Crippen LogP contribution < -0.4 is 11.5 Å². The van der Waals surface area contributed by atoms with Gasteiger partial charge in [0.25, 0.3) is 11.8 Å². The Morgan fingerprint density at radius 3 is 1.82 bits per heavy atom. The molecule has 4 bridgehead atoms. The lowest BCUT2D eigenvalue weighted by molar-refractivity contribution is 0.0987. The normalized spacial score (nSPS) is 22.1. The van der Waals surface area contributed by atoms with E-state index in [9.17, 15) is 18.4 Å². The monoisotopic (exact) mass is 903 g/mol. The lowest BCUT2D eigenvalue weighted by Gasteiger charge is -2.35. The summed E-state index contributed by atoms with van der Waals surface area (Å²) in [7, 11) is 0. The summed E-state index contributed by atoms with van der Waals surface area (Å²) in [5, 5.41) is 7.36. The molecule has 3 fully saturated rings. The van der Waals surface area contributed by atoms with E-state index in [2.05, 4.69) is 84.2 Å². The molecule has 7 aliphatic rings. The average Bonchev–Trinajstić information content (AvgIpc) is 3.61. The number of primary amides is 2. The lowest BCUT2D eigenvalue weighted by Crippen LogP contribution is -2.24. The van der Waals surface area contributed by atoms with Crippen LogP contribution in [0.1, 0.15) is 106 Å². The van der Waals surface area contributed by atoms with Crippen LogP contribution in [0.5, 0.6) is 0 Å². The van der Waals surface area contributed by atoms with E-state index in [1.165, 1.54) is 0 Å². The Kier molecular flexibility index (Phi) is 7.22. The van der Waals surface area contributed by atoms with E-state index in [0.29, 0.717) is 55.7 Å². The van der Waals surface area contributed by atoms with Crippen LogP contribution in [0.4, 0.5) is 8.78 Å². The SMILES string of the molecule is NC(=O)c1nc2n(c1-c1n[nH]c(C3CC3)n1)C1CC(C1)c1cc(F)c(Br)cc1-2.NC(=O)c1nc2n(c1I)C1CC(C1)c1cc(F)c(Br)cc1-2. The van der Waals surface area contributed by atoms with Crippen LogP contribution in [0.25, 0.3) is 34.3 Å². The molecule has 4 aliphatic heterocycles. The number of aromatic amines is 1. The lowest BCUT2D eigenvalue weighted by atomic mass is 9.75. The van der Waals surface area contributed by atoms with Gasteiger partial charge in [-0.1, -0.05) is 0 Å². The molecule has 250 valence electrons. The fourth-order valence-electron chi connectivity index (χ4n) is 7.67. The minimum atomic E-state index is -0.619. The van der Waals surface area contributed by atoms with Gasteiger partial charge in [0.05, 0.1) is 8.95 Å². The molecule has 3 saturated carbocycles. The number of nitrogens with two attached hydrogens (primary N) is 2. The summed E-state index contributed by atoms with van der Waals surface area (Å²) in [5.41, 5.74) is 15.7. The maximum atomic E-state index is 14.2. The second kappa shape index (κ2) is 11.2. The van der Waals surface area contributed by atoms with Gasteiger partial charge in [-0.25, -0.2) is 23.7 Å². The predicted molar refractivity (Wildman–Crippen MR) is 190 cm³/mol. The highest BCUT2D eigenvalue weighted by atomic mass is 127. The van der Waals surface area contributed by atoms with E-state index in [-0.39, 0.29) is 29.3 Å². The first kappa shape index (κ1) is 31.5. The molecule has 7 heterocycles. The van der Waals surface area contributed by atoms with Crippen LogP contribution in [-0.4, -0.2) is 46.1 Å². The summed E-state index contributed by atoms with van der Waals surface area (Å²) in [5.74, 6) is 1.99. The zero-order valence-corrected chi connectivity index (χ0v) is 30.8. The number of benzene rings is 2. The van der Waals surface area contributed by atoms with Gasteiger partial charge in [0, 0.05) is 29.1 Å². The van der Waals surface area contributed by atoms with Gasteiger partial charge < -0.3 is 20.6 Å². The number of imidazole rings is 2. The first-order valence-corrected chi connectivity index (χ1v) is 18.6. The maximum Gasteiger partial charge on any atom is 0.270 e. The van der Waals surface area contributed by atoms with Crippen molar-refractivity contribution in [3.63, 3.8) is 0 Å². The second-order valence-corrected chi connectivity index (χ2v) is 16.1. The predicted octanol–water partition coefficient (Wildman–Crippen LogP) is 7.23. The highest BCUT2D eigenvalue weighted by Gasteiger charge is 2.43. The van der Waals surface area contributed by atoms with E-state index in [0.717, 1.165) is 70.3 Å². The number of carbonyl (C=O) groups excluding carboxylic acids is 2. The largest absolute Gasteiger partial charge is 0.364 e. The van der Waals surface area contributed by atoms with Gasteiger partial charge in [-0.3, -0.25) is 14.7 Å². The Morgan fingerprint density at radius 1 is 0.776 bits per heavy atom. The van der Waals surface area contributed by atoms with Crippen molar-refractivity contribution in [3.05, 3.63) is 76.9 Å². The molecule has 12 rings (SSSR count). The highest BCUT2D eigenvalue weighted by molar-refractivity contribution is 14.1. The van der Waals surface area contributed by atoms with Crippen LogP contribution >= 0.6 is 54.5 Å². The van der Waals surface area contributed by atoms with E-state index >= 15 is 0 Å².